The van der Waals surface area contributed by atoms with E-state index < -0.39 is 0 Å². The maximum Gasteiger partial charge on any atom is 0.250 e. The van der Waals surface area contributed by atoms with E-state index in [1.54, 1.807) is 0 Å². The Morgan fingerprint density at radius 2 is 1.32 bits per heavy atom. The van der Waals surface area contributed by atoms with Gasteiger partial charge in [-0.25, -0.2) is 9.13 Å². The van der Waals surface area contributed by atoms with Gasteiger partial charge in [0.1, 0.15) is 37.2 Å². The fourth-order valence-corrected chi connectivity index (χ4v) is 2.15. The summed E-state index contributed by atoms with van der Waals surface area (Å²) < 4.78 is 12.7. The fraction of sp³-hybridized carbons (Fsp3) is 0.308. The number of rotatable bonds is 4. The molecule has 0 N–H and O–H groups in total. The molecule has 0 aliphatic heterocycles. The number of aromatic nitrogens is 6. The summed E-state index contributed by atoms with van der Waals surface area (Å²) in [6, 6.07) is 0. The third-order valence-corrected chi connectivity index (χ3v) is 3.05. The molecular weight excluding hydrogens is 240 g/mol. The molecule has 6 heteroatoms. The first-order chi connectivity index (χ1) is 9.19. The predicted octanol–water partition coefficient (Wildman–Crippen LogP) is -0.961. The summed E-state index contributed by atoms with van der Waals surface area (Å²) in [4.78, 5) is 0. The van der Waals surface area contributed by atoms with Crippen molar-refractivity contribution in [3.05, 3.63) is 56.2 Å². The minimum atomic E-state index is 0.827. The van der Waals surface area contributed by atoms with Crippen LogP contribution in [0.15, 0.2) is 56.2 Å². The van der Waals surface area contributed by atoms with Crippen molar-refractivity contribution in [2.24, 2.45) is 14.1 Å². The van der Waals surface area contributed by atoms with E-state index in [2.05, 4.69) is 62.0 Å². The highest BCUT2D eigenvalue weighted by molar-refractivity contribution is 4.72. The Kier molecular flexibility index (Phi) is 2.91. The summed E-state index contributed by atoms with van der Waals surface area (Å²) in [6.07, 6.45) is 18.6. The Morgan fingerprint density at radius 1 is 0.737 bits per heavy atom. The second-order valence-corrected chi connectivity index (χ2v) is 4.91. The smallest absolute Gasteiger partial charge is 0.239 e. The Hall–Kier alpha value is -2.37. The minimum Gasteiger partial charge on any atom is -0.239 e. The third kappa shape index (κ3) is 2.73. The van der Waals surface area contributed by atoms with Crippen molar-refractivity contribution in [1.29, 1.82) is 0 Å². The van der Waals surface area contributed by atoms with Crippen molar-refractivity contribution in [1.82, 2.24) is 13.7 Å². The summed E-state index contributed by atoms with van der Waals surface area (Å²) in [5.74, 6) is 0. The van der Waals surface area contributed by atoms with E-state index in [4.69, 9.17) is 0 Å². The molecule has 3 heterocycles. The highest BCUT2D eigenvalue weighted by Gasteiger charge is 2.10. The fourth-order valence-electron chi connectivity index (χ4n) is 2.15. The van der Waals surface area contributed by atoms with E-state index in [-0.39, 0.29) is 0 Å². The molecule has 0 aliphatic carbocycles. The molecule has 3 rings (SSSR count). The summed E-state index contributed by atoms with van der Waals surface area (Å²) in [5.41, 5.74) is 0. The maximum atomic E-state index is 2.16. The summed E-state index contributed by atoms with van der Waals surface area (Å²) in [7, 11) is 4.05. The lowest BCUT2D eigenvalue weighted by Crippen LogP contribution is -2.36. The Morgan fingerprint density at radius 3 is 1.95 bits per heavy atom. The van der Waals surface area contributed by atoms with E-state index in [0.29, 0.717) is 0 Å². The van der Waals surface area contributed by atoms with Gasteiger partial charge in [-0.3, -0.25) is 0 Å². The zero-order chi connectivity index (χ0) is 13.2. The lowest BCUT2D eigenvalue weighted by Gasteiger charge is -1.92. The maximum absolute atomic E-state index is 2.16. The lowest BCUT2D eigenvalue weighted by molar-refractivity contribution is -0.706. The summed E-state index contributed by atoms with van der Waals surface area (Å²) >= 11 is 0. The van der Waals surface area contributed by atoms with E-state index in [1.807, 2.05) is 35.6 Å². The molecule has 0 saturated heterocycles. The van der Waals surface area contributed by atoms with E-state index in [9.17, 15) is 0 Å². The molecule has 0 amide bonds. The molecular formula is C13H19N6+3. The van der Waals surface area contributed by atoms with Crippen LogP contribution in [0, 0.1) is 0 Å². The quantitative estimate of drug-likeness (QED) is 0.540. The van der Waals surface area contributed by atoms with Gasteiger partial charge in [-0.1, -0.05) is 0 Å². The first-order valence-electron chi connectivity index (χ1n) is 6.26. The molecule has 19 heavy (non-hydrogen) atoms. The van der Waals surface area contributed by atoms with Crippen LogP contribution >= 0.6 is 0 Å². The molecule has 0 spiro atoms. The molecule has 0 bridgehead atoms. The first kappa shape index (κ1) is 11.7. The van der Waals surface area contributed by atoms with Gasteiger partial charge in [-0.05, 0) is 0 Å². The Balaban J connectivity index is 1.69. The summed E-state index contributed by atoms with van der Waals surface area (Å²) in [6.45, 7) is 1.65. The van der Waals surface area contributed by atoms with Gasteiger partial charge in [0, 0.05) is 0 Å². The second kappa shape index (κ2) is 4.72. The van der Waals surface area contributed by atoms with Crippen LogP contribution in [0.5, 0.6) is 0 Å². The molecule has 0 radical (unpaired) electrons. The molecule has 6 nitrogen and oxygen atoms in total. The minimum absolute atomic E-state index is 0.827. The average Bonchev–Trinajstić information content (AvgIpc) is 3.05. The normalized spacial score (nSPS) is 11.1. The average molecular weight is 259 g/mol. The Bertz CT molecular complexity index is 618. The number of imidazole rings is 3. The molecule has 0 saturated carbocycles. The van der Waals surface area contributed by atoms with E-state index >= 15 is 0 Å². The molecule has 98 valence electrons. The first-order valence-corrected chi connectivity index (χ1v) is 6.26. The Labute approximate surface area is 112 Å². The van der Waals surface area contributed by atoms with Crippen molar-refractivity contribution in [3.8, 4) is 0 Å². The molecule has 3 aromatic heterocycles. The summed E-state index contributed by atoms with van der Waals surface area (Å²) in [5, 5.41) is 0. The molecule has 0 atom stereocenters. The van der Waals surface area contributed by atoms with Crippen molar-refractivity contribution in [2.75, 3.05) is 0 Å². The van der Waals surface area contributed by atoms with Gasteiger partial charge in [-0.2, -0.15) is 18.3 Å². The van der Waals surface area contributed by atoms with Crippen LogP contribution in [0.4, 0.5) is 0 Å². The van der Waals surface area contributed by atoms with Crippen LogP contribution in [0.1, 0.15) is 0 Å². The highest BCUT2D eigenvalue weighted by Crippen LogP contribution is 1.90. The van der Waals surface area contributed by atoms with Gasteiger partial charge in [0.05, 0.1) is 14.1 Å². The monoisotopic (exact) mass is 259 g/mol. The van der Waals surface area contributed by atoms with Crippen molar-refractivity contribution < 1.29 is 13.7 Å². The van der Waals surface area contributed by atoms with Gasteiger partial charge in [0.2, 0.25) is 32.3 Å². The number of aryl methyl sites for hydroxylation is 2. The number of hydrogen-bond acceptors (Lipinski definition) is 0. The van der Waals surface area contributed by atoms with Gasteiger partial charge < -0.3 is 0 Å². The second-order valence-electron chi connectivity index (χ2n) is 4.91. The molecule has 0 aliphatic rings. The van der Waals surface area contributed by atoms with Crippen LogP contribution in [-0.4, -0.2) is 13.7 Å². The highest BCUT2D eigenvalue weighted by atomic mass is 15.3. The van der Waals surface area contributed by atoms with Crippen LogP contribution in [0.3, 0.4) is 0 Å². The SMILES string of the molecule is C[n+]1ccn(Cn2cc[n+](Cn3cc[n+](C)c3)c2)c1. The van der Waals surface area contributed by atoms with Crippen molar-refractivity contribution in [2.45, 2.75) is 13.3 Å². The van der Waals surface area contributed by atoms with Crippen molar-refractivity contribution >= 4 is 0 Å². The lowest BCUT2D eigenvalue weighted by atomic mass is 10.8. The van der Waals surface area contributed by atoms with Gasteiger partial charge >= 0.3 is 0 Å². The van der Waals surface area contributed by atoms with Crippen LogP contribution in [0.2, 0.25) is 0 Å². The zero-order valence-electron chi connectivity index (χ0n) is 11.3. The van der Waals surface area contributed by atoms with E-state index in [1.165, 1.54) is 0 Å². The number of nitrogens with zero attached hydrogens (tertiary/aromatic N) is 6. The van der Waals surface area contributed by atoms with Crippen molar-refractivity contribution in [3.63, 3.8) is 0 Å². The number of hydrogen-bond donors (Lipinski definition) is 0. The van der Waals surface area contributed by atoms with Gasteiger partial charge in [0.25, 0.3) is 0 Å². The molecule has 0 fully saturated rings. The van der Waals surface area contributed by atoms with E-state index in [0.717, 1.165) is 13.3 Å². The third-order valence-electron chi connectivity index (χ3n) is 3.05. The van der Waals surface area contributed by atoms with Crippen LogP contribution in [0.25, 0.3) is 0 Å². The van der Waals surface area contributed by atoms with Crippen LogP contribution in [-0.2, 0) is 27.4 Å². The topological polar surface area (TPSA) is 26.4 Å². The standard InChI is InChI=1S/C13H19N6/c1-14-3-5-16(9-14)11-18-7-8-19(13-18)12-17-6-4-15(2)10-17/h3-10,13H,11-12H2,1-2H3/q+3. The molecule has 0 aromatic carbocycles. The van der Waals surface area contributed by atoms with Crippen LogP contribution < -0.4 is 13.7 Å². The molecule has 0 unspecified atom stereocenters. The zero-order valence-corrected chi connectivity index (χ0v) is 11.3. The largest absolute Gasteiger partial charge is 0.250 e. The van der Waals surface area contributed by atoms with Gasteiger partial charge in [0.15, 0.2) is 0 Å². The predicted molar refractivity (Wildman–Crippen MR) is 66.6 cm³/mol. The van der Waals surface area contributed by atoms with Gasteiger partial charge in [-0.15, -0.1) is 0 Å². The molecule has 3 aromatic rings.